The summed E-state index contributed by atoms with van der Waals surface area (Å²) < 4.78 is 0. The van der Waals surface area contributed by atoms with E-state index in [1.807, 2.05) is 35.7 Å². The van der Waals surface area contributed by atoms with E-state index < -0.39 is 0 Å². The summed E-state index contributed by atoms with van der Waals surface area (Å²) in [5.74, 6) is -0.0206. The second-order valence-electron chi connectivity index (χ2n) is 3.88. The van der Waals surface area contributed by atoms with Gasteiger partial charge in [0.1, 0.15) is 5.01 Å². The molecule has 4 nitrogen and oxygen atoms in total. The zero-order valence-corrected chi connectivity index (χ0v) is 10.7. The van der Waals surface area contributed by atoms with Gasteiger partial charge in [-0.3, -0.25) is 4.79 Å². The minimum Gasteiger partial charge on any atom is -0.352 e. The van der Waals surface area contributed by atoms with Gasteiger partial charge in [0.15, 0.2) is 0 Å². The van der Waals surface area contributed by atoms with E-state index in [4.69, 9.17) is 5.73 Å². The summed E-state index contributed by atoms with van der Waals surface area (Å²) >= 11 is 1.49. The van der Waals surface area contributed by atoms with Crippen LogP contribution in [0.2, 0.25) is 0 Å². The van der Waals surface area contributed by atoms with Gasteiger partial charge >= 0.3 is 0 Å². The monoisotopic (exact) mass is 261 g/mol. The Hall–Kier alpha value is -1.72. The van der Waals surface area contributed by atoms with Crippen molar-refractivity contribution in [1.29, 1.82) is 0 Å². The van der Waals surface area contributed by atoms with Crippen molar-refractivity contribution in [3.05, 3.63) is 52.0 Å². The van der Waals surface area contributed by atoms with Gasteiger partial charge in [0, 0.05) is 18.5 Å². The summed E-state index contributed by atoms with van der Waals surface area (Å²) in [6.07, 6.45) is 0.309. The molecule has 3 N–H and O–H groups in total. The zero-order chi connectivity index (χ0) is 12.8. The van der Waals surface area contributed by atoms with Crippen LogP contribution in [0, 0.1) is 0 Å². The molecule has 0 aliphatic heterocycles. The first kappa shape index (κ1) is 12.7. The van der Waals surface area contributed by atoms with E-state index in [-0.39, 0.29) is 5.91 Å². The summed E-state index contributed by atoms with van der Waals surface area (Å²) in [5, 5.41) is 5.61. The lowest BCUT2D eigenvalue weighted by Gasteiger charge is -2.03. The molecule has 0 bridgehead atoms. The smallest absolute Gasteiger partial charge is 0.226 e. The van der Waals surface area contributed by atoms with Gasteiger partial charge < -0.3 is 11.1 Å². The van der Waals surface area contributed by atoms with Crippen molar-refractivity contribution >= 4 is 17.2 Å². The van der Waals surface area contributed by atoms with Crippen LogP contribution in [-0.4, -0.2) is 10.9 Å². The first-order valence-corrected chi connectivity index (χ1v) is 6.60. The number of carbonyl (C=O) groups excluding carboxylic acids is 1. The largest absolute Gasteiger partial charge is 0.352 e. The van der Waals surface area contributed by atoms with Crippen molar-refractivity contribution in [3.63, 3.8) is 0 Å². The first-order valence-electron chi connectivity index (χ1n) is 5.72. The molecule has 1 aromatic heterocycles. The maximum atomic E-state index is 11.7. The molecule has 0 atom stereocenters. The Labute approximate surface area is 110 Å². The average molecular weight is 261 g/mol. The summed E-state index contributed by atoms with van der Waals surface area (Å²) in [6.45, 7) is 0.976. The number of aromatic nitrogens is 1. The maximum Gasteiger partial charge on any atom is 0.226 e. The molecule has 1 amide bonds. The molecule has 0 fully saturated rings. The van der Waals surface area contributed by atoms with Crippen molar-refractivity contribution in [1.82, 2.24) is 10.3 Å². The number of nitrogens with zero attached hydrogens (tertiary/aromatic N) is 1. The van der Waals surface area contributed by atoms with Gasteiger partial charge in [0.25, 0.3) is 0 Å². The molecule has 0 radical (unpaired) electrons. The third-order valence-corrected chi connectivity index (χ3v) is 3.37. The lowest BCUT2D eigenvalue weighted by molar-refractivity contribution is -0.120. The van der Waals surface area contributed by atoms with Crippen molar-refractivity contribution in [2.45, 2.75) is 19.5 Å². The Morgan fingerprint density at radius 1 is 1.33 bits per heavy atom. The van der Waals surface area contributed by atoms with Crippen LogP contribution >= 0.6 is 11.3 Å². The van der Waals surface area contributed by atoms with E-state index in [0.717, 1.165) is 16.3 Å². The van der Waals surface area contributed by atoms with Gasteiger partial charge in [-0.05, 0) is 5.56 Å². The number of thiazole rings is 1. The van der Waals surface area contributed by atoms with E-state index in [0.29, 0.717) is 19.5 Å². The quantitative estimate of drug-likeness (QED) is 0.856. The van der Waals surface area contributed by atoms with Crippen molar-refractivity contribution in [2.24, 2.45) is 5.73 Å². The summed E-state index contributed by atoms with van der Waals surface area (Å²) in [7, 11) is 0. The van der Waals surface area contributed by atoms with Crippen molar-refractivity contribution in [2.75, 3.05) is 0 Å². The van der Waals surface area contributed by atoms with E-state index in [1.54, 1.807) is 0 Å². The predicted molar refractivity (Wildman–Crippen MR) is 72.0 cm³/mol. The third-order valence-electron chi connectivity index (χ3n) is 2.45. The van der Waals surface area contributed by atoms with E-state index in [9.17, 15) is 4.79 Å². The standard InChI is InChI=1S/C13H15N3OS/c14-7-13-16-11(9-18-13)6-12(17)15-8-10-4-2-1-3-5-10/h1-5,9H,6-8,14H2,(H,15,17). The fourth-order valence-electron chi connectivity index (χ4n) is 1.55. The van der Waals surface area contributed by atoms with Crippen LogP contribution in [0.4, 0.5) is 0 Å². The zero-order valence-electron chi connectivity index (χ0n) is 9.93. The van der Waals surface area contributed by atoms with Crippen LogP contribution in [0.15, 0.2) is 35.7 Å². The van der Waals surface area contributed by atoms with Crippen LogP contribution in [0.3, 0.4) is 0 Å². The first-order chi connectivity index (χ1) is 8.78. The molecular weight excluding hydrogens is 246 g/mol. The highest BCUT2D eigenvalue weighted by Gasteiger charge is 2.06. The molecule has 1 aromatic carbocycles. The molecule has 0 aliphatic rings. The Kier molecular flexibility index (Phi) is 4.44. The van der Waals surface area contributed by atoms with Gasteiger partial charge in [-0.15, -0.1) is 11.3 Å². The molecule has 0 saturated carbocycles. The number of hydrogen-bond acceptors (Lipinski definition) is 4. The number of carbonyl (C=O) groups is 1. The maximum absolute atomic E-state index is 11.7. The van der Waals surface area contributed by atoms with E-state index in [1.165, 1.54) is 11.3 Å². The van der Waals surface area contributed by atoms with Gasteiger partial charge in [0.2, 0.25) is 5.91 Å². The number of amides is 1. The van der Waals surface area contributed by atoms with E-state index in [2.05, 4.69) is 10.3 Å². The molecule has 94 valence electrons. The molecule has 2 rings (SSSR count). The Bertz CT molecular complexity index is 510. The van der Waals surface area contributed by atoms with Gasteiger partial charge in [-0.1, -0.05) is 30.3 Å². The fraction of sp³-hybridized carbons (Fsp3) is 0.231. The molecule has 0 unspecified atom stereocenters. The van der Waals surface area contributed by atoms with Crippen LogP contribution in [0.1, 0.15) is 16.3 Å². The minimum absolute atomic E-state index is 0.0206. The van der Waals surface area contributed by atoms with Crippen LogP contribution in [0.25, 0.3) is 0 Å². The Morgan fingerprint density at radius 2 is 2.11 bits per heavy atom. The second-order valence-corrected chi connectivity index (χ2v) is 4.82. The predicted octanol–water partition coefficient (Wildman–Crippen LogP) is 1.46. The van der Waals surface area contributed by atoms with Crippen molar-refractivity contribution in [3.8, 4) is 0 Å². The third kappa shape index (κ3) is 3.65. The lowest BCUT2D eigenvalue weighted by atomic mass is 10.2. The number of nitrogens with two attached hydrogens (primary N) is 1. The summed E-state index contributed by atoms with van der Waals surface area (Å²) in [4.78, 5) is 16.0. The molecule has 1 heterocycles. The molecular formula is C13H15N3OS. The average Bonchev–Trinajstić information content (AvgIpc) is 2.85. The van der Waals surface area contributed by atoms with Crippen LogP contribution < -0.4 is 11.1 Å². The number of nitrogens with one attached hydrogen (secondary N) is 1. The van der Waals surface area contributed by atoms with Gasteiger partial charge in [-0.2, -0.15) is 0 Å². The molecule has 0 saturated heterocycles. The second kappa shape index (κ2) is 6.28. The van der Waals surface area contributed by atoms with Gasteiger partial charge in [0.05, 0.1) is 12.1 Å². The number of hydrogen-bond donors (Lipinski definition) is 2. The highest BCUT2D eigenvalue weighted by Crippen LogP contribution is 2.09. The van der Waals surface area contributed by atoms with Gasteiger partial charge in [-0.25, -0.2) is 4.98 Å². The molecule has 2 aromatic rings. The molecule has 0 spiro atoms. The highest BCUT2D eigenvalue weighted by atomic mass is 32.1. The Morgan fingerprint density at radius 3 is 2.78 bits per heavy atom. The number of benzene rings is 1. The summed E-state index contributed by atoms with van der Waals surface area (Å²) in [6, 6.07) is 9.82. The Balaban J connectivity index is 1.82. The highest BCUT2D eigenvalue weighted by molar-refractivity contribution is 7.09. The molecule has 18 heavy (non-hydrogen) atoms. The van der Waals surface area contributed by atoms with Crippen LogP contribution in [0.5, 0.6) is 0 Å². The fourth-order valence-corrected chi connectivity index (χ4v) is 2.22. The van der Waals surface area contributed by atoms with Crippen molar-refractivity contribution < 1.29 is 4.79 Å². The molecule has 0 aliphatic carbocycles. The SMILES string of the molecule is NCc1nc(CC(=O)NCc2ccccc2)cs1. The topological polar surface area (TPSA) is 68.0 Å². The van der Waals surface area contributed by atoms with E-state index >= 15 is 0 Å². The van der Waals surface area contributed by atoms with Crippen LogP contribution in [-0.2, 0) is 24.3 Å². The molecule has 5 heteroatoms. The lowest BCUT2D eigenvalue weighted by Crippen LogP contribution is -2.24. The normalized spacial score (nSPS) is 10.3. The number of rotatable bonds is 5. The summed E-state index contributed by atoms with van der Waals surface area (Å²) in [5.41, 5.74) is 7.35. The minimum atomic E-state index is -0.0206.